The van der Waals surface area contributed by atoms with E-state index in [1.165, 1.54) is 0 Å². The highest BCUT2D eigenvalue weighted by Crippen LogP contribution is 2.53. The van der Waals surface area contributed by atoms with Gasteiger partial charge in [-0.05, 0) is 68.7 Å². The average molecular weight is 667 g/mol. The summed E-state index contributed by atoms with van der Waals surface area (Å²) in [6, 6.07) is 15.3. The van der Waals surface area contributed by atoms with E-state index in [0.29, 0.717) is 36.6 Å². The molecule has 10 nitrogen and oxygen atoms in total. The topological polar surface area (TPSA) is 160 Å². The van der Waals surface area contributed by atoms with Crippen LogP contribution >= 0.6 is 11.6 Å². The Bertz CT molecular complexity index is 1450. The number of nitrogens with one attached hydrogen (secondary N) is 3. The van der Waals surface area contributed by atoms with Crippen LogP contribution in [0.2, 0.25) is 5.02 Å². The Morgan fingerprint density at radius 1 is 1.06 bits per heavy atom. The third-order valence-electron chi connectivity index (χ3n) is 10.0. The van der Waals surface area contributed by atoms with Gasteiger partial charge in [-0.15, -0.1) is 0 Å². The molecule has 0 spiro atoms. The number of ether oxygens (including phenoxy) is 1. The largest absolute Gasteiger partial charge is 0.441 e. The maximum absolute atomic E-state index is 14.2. The summed E-state index contributed by atoms with van der Waals surface area (Å²) in [6.45, 7) is 3.80. The Hall–Kier alpha value is -3.63. The standard InChI is InChI=1S/C36H47ClN4O6/c1-35(2)20-25(32(44)41-35)18-27(30(42)31(38)43)39-33(45)36(19-22-10-5-3-6-11-22)21-29(36)40-34(46)47-28(24-13-7-4-8-14-24)17-23-12-9-15-26(37)16-23/h4,7-9,12-16,22,25,27-30,42H,3,5-6,10-11,17-21H2,1-2H3,(H2,38,43)(H,39,45)(H,40,46)(H,41,44)/t25?,27?,28?,29?,30?,36-/m1/s1. The van der Waals surface area contributed by atoms with Gasteiger partial charge in [-0.2, -0.15) is 0 Å². The number of benzene rings is 2. The molecule has 47 heavy (non-hydrogen) atoms. The molecular weight excluding hydrogens is 620 g/mol. The number of rotatable bonds is 13. The Balaban J connectivity index is 1.31. The third kappa shape index (κ3) is 8.84. The second kappa shape index (κ2) is 14.6. The number of aliphatic hydroxyl groups excluding tert-OH is 1. The van der Waals surface area contributed by atoms with Crippen molar-refractivity contribution >= 4 is 35.4 Å². The first-order valence-corrected chi connectivity index (χ1v) is 17.1. The molecule has 2 aromatic carbocycles. The summed E-state index contributed by atoms with van der Waals surface area (Å²) in [7, 11) is 0. The van der Waals surface area contributed by atoms with Crippen LogP contribution in [-0.4, -0.2) is 52.6 Å². The van der Waals surface area contributed by atoms with E-state index in [9.17, 15) is 24.3 Å². The van der Waals surface area contributed by atoms with Crippen molar-refractivity contribution in [3.63, 3.8) is 0 Å². The molecule has 1 heterocycles. The van der Waals surface area contributed by atoms with Crippen LogP contribution in [0.1, 0.15) is 88.9 Å². The predicted molar refractivity (Wildman–Crippen MR) is 178 cm³/mol. The Labute approximate surface area is 281 Å². The quantitative estimate of drug-likeness (QED) is 0.208. The first-order valence-electron chi connectivity index (χ1n) is 16.7. The molecule has 3 fully saturated rings. The second-order valence-corrected chi connectivity index (χ2v) is 14.8. The summed E-state index contributed by atoms with van der Waals surface area (Å²) in [5.41, 5.74) is 5.84. The van der Waals surface area contributed by atoms with E-state index >= 15 is 0 Å². The molecule has 1 saturated heterocycles. The van der Waals surface area contributed by atoms with Crippen molar-refractivity contribution in [3.05, 3.63) is 70.7 Å². The number of hydrogen-bond acceptors (Lipinski definition) is 6. The number of nitrogens with two attached hydrogens (primary N) is 1. The molecule has 2 aromatic rings. The molecule has 6 atom stereocenters. The minimum absolute atomic E-state index is 0.0625. The molecule has 254 valence electrons. The van der Waals surface area contributed by atoms with Gasteiger partial charge in [0.2, 0.25) is 17.7 Å². The zero-order chi connectivity index (χ0) is 33.8. The van der Waals surface area contributed by atoms with Crippen LogP contribution in [0, 0.1) is 17.3 Å². The van der Waals surface area contributed by atoms with Crippen LogP contribution in [0.15, 0.2) is 54.6 Å². The predicted octanol–water partition coefficient (Wildman–Crippen LogP) is 4.71. The molecule has 0 bridgehead atoms. The van der Waals surface area contributed by atoms with E-state index in [0.717, 1.165) is 43.2 Å². The highest BCUT2D eigenvalue weighted by molar-refractivity contribution is 6.30. The molecule has 2 saturated carbocycles. The number of carbonyl (C=O) groups excluding carboxylic acids is 4. The lowest BCUT2D eigenvalue weighted by Gasteiger charge is -2.30. The van der Waals surface area contributed by atoms with Crippen molar-refractivity contribution in [2.75, 3.05) is 0 Å². The third-order valence-corrected chi connectivity index (χ3v) is 10.3. The van der Waals surface area contributed by atoms with E-state index in [4.69, 9.17) is 22.1 Å². The summed E-state index contributed by atoms with van der Waals surface area (Å²) in [5, 5.41) is 20.1. The van der Waals surface area contributed by atoms with Crippen LogP contribution in [-0.2, 0) is 25.5 Å². The number of halogens is 1. The van der Waals surface area contributed by atoms with Gasteiger partial charge in [0.25, 0.3) is 0 Å². The summed E-state index contributed by atoms with van der Waals surface area (Å²) in [5.74, 6) is -1.73. The van der Waals surface area contributed by atoms with Gasteiger partial charge in [-0.3, -0.25) is 14.4 Å². The minimum atomic E-state index is -1.67. The minimum Gasteiger partial charge on any atom is -0.441 e. The summed E-state index contributed by atoms with van der Waals surface area (Å²) < 4.78 is 5.99. The molecular formula is C36H47ClN4O6. The van der Waals surface area contributed by atoms with Gasteiger partial charge in [0.05, 0.1) is 11.5 Å². The molecule has 5 unspecified atom stereocenters. The lowest BCUT2D eigenvalue weighted by molar-refractivity contribution is -0.133. The number of carbonyl (C=O) groups is 4. The fourth-order valence-corrected chi connectivity index (χ4v) is 7.73. The van der Waals surface area contributed by atoms with Crippen LogP contribution in [0.25, 0.3) is 0 Å². The Kier molecular flexibility index (Phi) is 10.8. The first-order chi connectivity index (χ1) is 22.3. The molecule has 0 radical (unpaired) electrons. The van der Waals surface area contributed by atoms with Crippen molar-refractivity contribution in [3.8, 4) is 0 Å². The van der Waals surface area contributed by atoms with Crippen molar-refractivity contribution in [2.45, 2.75) is 108 Å². The number of primary amides is 1. The van der Waals surface area contributed by atoms with E-state index in [2.05, 4.69) is 16.0 Å². The van der Waals surface area contributed by atoms with Crippen molar-refractivity contribution in [2.24, 2.45) is 23.0 Å². The smallest absolute Gasteiger partial charge is 0.408 e. The van der Waals surface area contributed by atoms with Gasteiger partial charge in [-0.25, -0.2) is 4.79 Å². The highest BCUT2D eigenvalue weighted by Gasteiger charge is 2.62. The molecule has 6 N–H and O–H groups in total. The van der Waals surface area contributed by atoms with Crippen molar-refractivity contribution in [1.82, 2.24) is 16.0 Å². The van der Waals surface area contributed by atoms with Gasteiger partial charge in [0.1, 0.15) is 6.10 Å². The number of aliphatic hydroxyl groups is 1. The van der Waals surface area contributed by atoms with Crippen LogP contribution in [0.3, 0.4) is 0 Å². The van der Waals surface area contributed by atoms with Gasteiger partial charge in [0.15, 0.2) is 6.10 Å². The number of alkyl carbamates (subject to hydrolysis) is 1. The van der Waals surface area contributed by atoms with Gasteiger partial charge < -0.3 is 31.5 Å². The summed E-state index contributed by atoms with van der Waals surface area (Å²) >= 11 is 6.22. The highest BCUT2D eigenvalue weighted by atomic mass is 35.5. The first kappa shape index (κ1) is 34.7. The van der Waals surface area contributed by atoms with Crippen molar-refractivity contribution < 1.29 is 29.0 Å². The molecule has 4 amide bonds. The Morgan fingerprint density at radius 2 is 1.79 bits per heavy atom. The van der Waals surface area contributed by atoms with Gasteiger partial charge in [-0.1, -0.05) is 86.2 Å². The summed E-state index contributed by atoms with van der Waals surface area (Å²) in [6.07, 6.45) is 4.33. The molecule has 2 aliphatic carbocycles. The molecule has 3 aliphatic rings. The lowest BCUT2D eigenvalue weighted by Crippen LogP contribution is -2.53. The van der Waals surface area contributed by atoms with Gasteiger partial charge in [0, 0.05) is 28.9 Å². The van der Waals surface area contributed by atoms with E-state index < -0.39 is 53.2 Å². The molecule has 1 aliphatic heterocycles. The SMILES string of the molecule is CC1(C)CC(CC(NC(=O)[C@]2(CC3CCCCC3)CC2NC(=O)OC(Cc2cccc(Cl)c2)c2ccccc2)C(O)C(N)=O)C(=O)N1. The van der Waals surface area contributed by atoms with Crippen LogP contribution in [0.4, 0.5) is 4.79 Å². The number of amides is 4. The summed E-state index contributed by atoms with van der Waals surface area (Å²) in [4.78, 5) is 52.4. The zero-order valence-corrected chi connectivity index (χ0v) is 27.9. The van der Waals surface area contributed by atoms with E-state index in [-0.39, 0.29) is 18.2 Å². The van der Waals surface area contributed by atoms with E-state index in [1.54, 1.807) is 6.07 Å². The van der Waals surface area contributed by atoms with Crippen LogP contribution in [0.5, 0.6) is 0 Å². The van der Waals surface area contributed by atoms with Crippen LogP contribution < -0.4 is 21.7 Å². The van der Waals surface area contributed by atoms with Gasteiger partial charge >= 0.3 is 6.09 Å². The molecule has 11 heteroatoms. The Morgan fingerprint density at radius 3 is 2.43 bits per heavy atom. The zero-order valence-electron chi connectivity index (χ0n) is 27.2. The maximum atomic E-state index is 14.2. The monoisotopic (exact) mass is 666 g/mol. The van der Waals surface area contributed by atoms with E-state index in [1.807, 2.05) is 62.4 Å². The molecule has 0 aromatic heterocycles. The number of hydrogen-bond donors (Lipinski definition) is 5. The normalized spacial score (nSPS) is 25.6. The lowest BCUT2D eigenvalue weighted by atomic mass is 9.80. The van der Waals surface area contributed by atoms with Crippen molar-refractivity contribution in [1.29, 1.82) is 0 Å². The second-order valence-electron chi connectivity index (χ2n) is 14.3. The average Bonchev–Trinajstić information content (AvgIpc) is 3.64. The maximum Gasteiger partial charge on any atom is 0.408 e. The fourth-order valence-electron chi connectivity index (χ4n) is 7.52. The fraction of sp³-hybridized carbons (Fsp3) is 0.556. The molecule has 5 rings (SSSR count).